The molecule has 0 saturated carbocycles. The minimum Gasteiger partial charge on any atom is -0.497 e. The van der Waals surface area contributed by atoms with E-state index in [2.05, 4.69) is 5.32 Å². The van der Waals surface area contributed by atoms with E-state index in [9.17, 15) is 9.59 Å². The minimum atomic E-state index is -0.463. The Bertz CT molecular complexity index is 937. The third-order valence-corrected chi connectivity index (χ3v) is 4.06. The number of carbonyl (C=O) groups excluding carboxylic acids is 2. The zero-order chi connectivity index (χ0) is 20.5. The number of methoxy groups -OCH3 is 1. The number of anilines is 1. The maximum Gasteiger partial charge on any atom is 0.344 e. The number of hydrogen-bond acceptors (Lipinski definition) is 5. The highest BCUT2D eigenvalue weighted by molar-refractivity contribution is 6.04. The molecule has 3 aromatic rings. The van der Waals surface area contributed by atoms with E-state index in [-0.39, 0.29) is 19.1 Å². The van der Waals surface area contributed by atoms with Crippen LogP contribution in [-0.4, -0.2) is 25.6 Å². The fourth-order valence-corrected chi connectivity index (χ4v) is 2.50. The molecular weight excluding hydrogens is 370 g/mol. The SMILES string of the molecule is COc1ccc(NC(=O)c2ccc(OCC(=O)OCc3ccccc3)cc2)cc1. The topological polar surface area (TPSA) is 73.9 Å². The quantitative estimate of drug-likeness (QED) is 0.586. The number of carbonyl (C=O) groups is 2. The molecule has 0 aliphatic heterocycles. The Morgan fingerprint density at radius 3 is 2.14 bits per heavy atom. The Morgan fingerprint density at radius 1 is 0.828 bits per heavy atom. The normalized spacial score (nSPS) is 10.1. The molecule has 6 heteroatoms. The fraction of sp³-hybridized carbons (Fsp3) is 0.130. The summed E-state index contributed by atoms with van der Waals surface area (Å²) in [6.45, 7) is -0.00225. The molecule has 0 unspecified atom stereocenters. The van der Waals surface area contributed by atoms with Gasteiger partial charge >= 0.3 is 5.97 Å². The van der Waals surface area contributed by atoms with Crippen molar-refractivity contribution in [2.75, 3.05) is 19.0 Å². The zero-order valence-corrected chi connectivity index (χ0v) is 16.0. The van der Waals surface area contributed by atoms with Crippen molar-refractivity contribution in [2.24, 2.45) is 0 Å². The molecule has 0 aromatic heterocycles. The zero-order valence-electron chi connectivity index (χ0n) is 16.0. The summed E-state index contributed by atoms with van der Waals surface area (Å²) in [7, 11) is 1.58. The summed E-state index contributed by atoms with van der Waals surface area (Å²) in [4.78, 5) is 24.1. The molecule has 0 fully saturated rings. The second-order valence-electron chi connectivity index (χ2n) is 6.14. The lowest BCUT2D eigenvalue weighted by atomic mass is 10.2. The van der Waals surface area contributed by atoms with E-state index in [0.29, 0.717) is 22.7 Å². The number of rotatable bonds is 8. The van der Waals surface area contributed by atoms with Crippen molar-refractivity contribution in [3.05, 3.63) is 90.0 Å². The molecule has 3 rings (SSSR count). The van der Waals surface area contributed by atoms with E-state index in [1.54, 1.807) is 55.6 Å². The van der Waals surface area contributed by atoms with Crippen LogP contribution in [0.4, 0.5) is 5.69 Å². The van der Waals surface area contributed by atoms with Gasteiger partial charge in [0, 0.05) is 11.3 Å². The first-order valence-corrected chi connectivity index (χ1v) is 9.02. The van der Waals surface area contributed by atoms with Crippen molar-refractivity contribution in [3.63, 3.8) is 0 Å². The lowest BCUT2D eigenvalue weighted by molar-refractivity contribution is -0.147. The van der Waals surface area contributed by atoms with Crippen LogP contribution in [0.3, 0.4) is 0 Å². The molecule has 1 N–H and O–H groups in total. The first-order chi connectivity index (χ1) is 14.1. The second-order valence-corrected chi connectivity index (χ2v) is 6.14. The number of nitrogens with one attached hydrogen (secondary N) is 1. The van der Waals surface area contributed by atoms with Crippen LogP contribution in [0.2, 0.25) is 0 Å². The van der Waals surface area contributed by atoms with Gasteiger partial charge in [0.2, 0.25) is 0 Å². The maximum absolute atomic E-state index is 12.3. The van der Waals surface area contributed by atoms with Gasteiger partial charge in [-0.25, -0.2) is 4.79 Å². The van der Waals surface area contributed by atoms with Crippen LogP contribution in [-0.2, 0) is 16.1 Å². The highest BCUT2D eigenvalue weighted by Gasteiger charge is 2.08. The molecule has 3 aromatic carbocycles. The average Bonchev–Trinajstić information content (AvgIpc) is 2.78. The van der Waals surface area contributed by atoms with E-state index in [1.807, 2.05) is 30.3 Å². The summed E-state index contributed by atoms with van der Waals surface area (Å²) < 4.78 is 15.7. The molecule has 0 aliphatic rings. The number of hydrogen-bond donors (Lipinski definition) is 1. The molecule has 0 aliphatic carbocycles. The molecule has 148 valence electrons. The number of amides is 1. The van der Waals surface area contributed by atoms with Gasteiger partial charge in [-0.15, -0.1) is 0 Å². The highest BCUT2D eigenvalue weighted by Crippen LogP contribution is 2.17. The summed E-state index contributed by atoms with van der Waals surface area (Å²) in [6.07, 6.45) is 0. The minimum absolute atomic E-state index is 0.202. The Kier molecular flexibility index (Phi) is 6.84. The molecule has 29 heavy (non-hydrogen) atoms. The first kappa shape index (κ1) is 19.9. The molecule has 0 bridgehead atoms. The van der Waals surface area contributed by atoms with Crippen LogP contribution in [0, 0.1) is 0 Å². The van der Waals surface area contributed by atoms with Crippen molar-refractivity contribution < 1.29 is 23.8 Å². The van der Waals surface area contributed by atoms with E-state index in [0.717, 1.165) is 5.56 Å². The van der Waals surface area contributed by atoms with Crippen LogP contribution in [0.1, 0.15) is 15.9 Å². The highest BCUT2D eigenvalue weighted by atomic mass is 16.6. The van der Waals surface area contributed by atoms with E-state index < -0.39 is 5.97 Å². The van der Waals surface area contributed by atoms with Crippen LogP contribution < -0.4 is 14.8 Å². The molecule has 0 radical (unpaired) electrons. The summed E-state index contributed by atoms with van der Waals surface area (Å²) >= 11 is 0. The molecule has 0 atom stereocenters. The number of ether oxygens (including phenoxy) is 3. The first-order valence-electron chi connectivity index (χ1n) is 9.02. The van der Waals surface area contributed by atoms with Crippen LogP contribution >= 0.6 is 0 Å². The molecule has 0 heterocycles. The summed E-state index contributed by atoms with van der Waals surface area (Å²) in [5.74, 6) is 0.480. The molecular formula is C23H21NO5. The fourth-order valence-electron chi connectivity index (χ4n) is 2.50. The lowest BCUT2D eigenvalue weighted by Gasteiger charge is -2.09. The Morgan fingerprint density at radius 2 is 1.48 bits per heavy atom. The molecule has 0 saturated heterocycles. The second kappa shape index (κ2) is 9.94. The van der Waals surface area contributed by atoms with Crippen molar-refractivity contribution in [1.29, 1.82) is 0 Å². The Hall–Kier alpha value is -3.80. The van der Waals surface area contributed by atoms with Gasteiger partial charge in [0.25, 0.3) is 5.91 Å². The van der Waals surface area contributed by atoms with E-state index >= 15 is 0 Å². The van der Waals surface area contributed by atoms with Crippen molar-refractivity contribution >= 4 is 17.6 Å². The van der Waals surface area contributed by atoms with E-state index in [4.69, 9.17) is 14.2 Å². The summed E-state index contributed by atoms with van der Waals surface area (Å²) in [5.41, 5.74) is 2.05. The maximum atomic E-state index is 12.3. The molecule has 6 nitrogen and oxygen atoms in total. The Balaban J connectivity index is 1.46. The van der Waals surface area contributed by atoms with Crippen molar-refractivity contribution in [1.82, 2.24) is 0 Å². The van der Waals surface area contributed by atoms with Crippen LogP contribution in [0.5, 0.6) is 11.5 Å². The number of benzene rings is 3. The van der Waals surface area contributed by atoms with Gasteiger partial charge < -0.3 is 19.5 Å². The average molecular weight is 391 g/mol. The van der Waals surface area contributed by atoms with Gasteiger partial charge in [0.15, 0.2) is 6.61 Å². The van der Waals surface area contributed by atoms with Gasteiger partial charge in [-0.05, 0) is 54.1 Å². The standard InChI is InChI=1S/C23H21NO5/c1-27-20-13-9-19(10-14-20)24-23(26)18-7-11-21(12-8-18)28-16-22(25)29-15-17-5-3-2-4-6-17/h2-14H,15-16H2,1H3,(H,24,26). The van der Waals surface area contributed by atoms with E-state index in [1.165, 1.54) is 0 Å². The summed E-state index contributed by atoms with van der Waals surface area (Å²) in [6, 6.07) is 23.0. The van der Waals surface area contributed by atoms with Crippen molar-refractivity contribution in [2.45, 2.75) is 6.61 Å². The molecule has 1 amide bonds. The van der Waals surface area contributed by atoms with Crippen LogP contribution in [0.15, 0.2) is 78.9 Å². The van der Waals surface area contributed by atoms with Gasteiger partial charge in [-0.1, -0.05) is 30.3 Å². The lowest BCUT2D eigenvalue weighted by Crippen LogP contribution is -2.15. The van der Waals surface area contributed by atoms with Crippen molar-refractivity contribution in [3.8, 4) is 11.5 Å². The van der Waals surface area contributed by atoms with Gasteiger partial charge in [0.05, 0.1) is 7.11 Å². The summed E-state index contributed by atoms with van der Waals surface area (Å²) in [5, 5.41) is 2.80. The van der Waals surface area contributed by atoms with Gasteiger partial charge in [0.1, 0.15) is 18.1 Å². The van der Waals surface area contributed by atoms with Crippen LogP contribution in [0.25, 0.3) is 0 Å². The van der Waals surface area contributed by atoms with Gasteiger partial charge in [-0.3, -0.25) is 4.79 Å². The third kappa shape index (κ3) is 6.10. The Labute approximate surface area is 169 Å². The predicted octanol–water partition coefficient (Wildman–Crippen LogP) is 4.07. The third-order valence-electron chi connectivity index (χ3n) is 4.06. The monoisotopic (exact) mass is 391 g/mol. The predicted molar refractivity (Wildman–Crippen MR) is 109 cm³/mol. The number of esters is 1. The molecule has 0 spiro atoms. The smallest absolute Gasteiger partial charge is 0.344 e. The largest absolute Gasteiger partial charge is 0.497 e. The van der Waals surface area contributed by atoms with Gasteiger partial charge in [-0.2, -0.15) is 0 Å².